The number of thioether (sulfide) groups is 1. The highest BCUT2D eigenvalue weighted by molar-refractivity contribution is 7.99. The fraction of sp³-hybridized carbons (Fsp3) is 0.679. The van der Waals surface area contributed by atoms with Gasteiger partial charge in [-0.05, 0) is 61.1 Å². The van der Waals surface area contributed by atoms with E-state index in [0.717, 1.165) is 19.3 Å². The molecule has 2 aliphatic carbocycles. The Kier molecular flexibility index (Phi) is 6.98. The number of carbonyl (C=O) groups is 3. The molecular formula is C28H38N2O6S. The SMILES string of the molecule is CC1(C)C2CCC1(C)C(OC(=O)[C@H]1CCCN1C(=O)C1CSCN1C(=O)C(O)Cc1ccc(O)cc1)C2. The van der Waals surface area contributed by atoms with E-state index in [1.165, 1.54) is 35.2 Å². The summed E-state index contributed by atoms with van der Waals surface area (Å²) in [4.78, 5) is 43.1. The van der Waals surface area contributed by atoms with Crippen LogP contribution in [0.4, 0.5) is 0 Å². The first-order valence-corrected chi connectivity index (χ1v) is 14.5. The molecule has 1 aromatic rings. The fourth-order valence-corrected chi connectivity index (χ4v) is 8.15. The van der Waals surface area contributed by atoms with E-state index in [9.17, 15) is 24.6 Å². The van der Waals surface area contributed by atoms with Crippen LogP contribution < -0.4 is 0 Å². The Bertz CT molecular complexity index is 1060. The molecule has 9 heteroatoms. The minimum absolute atomic E-state index is 0.0419. The van der Waals surface area contributed by atoms with Crippen molar-refractivity contribution < 1.29 is 29.3 Å². The molecule has 2 bridgehead atoms. The first-order chi connectivity index (χ1) is 17.5. The first-order valence-electron chi connectivity index (χ1n) is 13.4. The largest absolute Gasteiger partial charge is 0.508 e. The molecule has 2 aliphatic heterocycles. The van der Waals surface area contributed by atoms with Gasteiger partial charge in [0.25, 0.3) is 5.91 Å². The molecule has 0 aromatic heterocycles. The molecule has 37 heavy (non-hydrogen) atoms. The number of amides is 2. The van der Waals surface area contributed by atoms with Gasteiger partial charge in [-0.25, -0.2) is 4.79 Å². The molecule has 2 amide bonds. The highest BCUT2D eigenvalue weighted by Crippen LogP contribution is 2.66. The topological polar surface area (TPSA) is 107 Å². The van der Waals surface area contributed by atoms with Gasteiger partial charge in [0.05, 0.1) is 5.88 Å². The third kappa shape index (κ3) is 4.52. The van der Waals surface area contributed by atoms with Crippen LogP contribution in [-0.4, -0.2) is 80.3 Å². The van der Waals surface area contributed by atoms with Crippen LogP contribution in [0.5, 0.6) is 5.75 Å². The van der Waals surface area contributed by atoms with Crippen LogP contribution in [0, 0.1) is 16.7 Å². The number of esters is 1. The number of benzene rings is 1. The van der Waals surface area contributed by atoms with E-state index in [1.54, 1.807) is 17.0 Å². The number of aliphatic hydroxyl groups is 1. The van der Waals surface area contributed by atoms with Crippen LogP contribution in [0.2, 0.25) is 0 Å². The van der Waals surface area contributed by atoms with Crippen molar-refractivity contribution in [2.75, 3.05) is 18.2 Å². The Balaban J connectivity index is 1.23. The van der Waals surface area contributed by atoms with Gasteiger partial charge in [0.1, 0.15) is 30.0 Å². The standard InChI is InChI=1S/C28H38N2O6S/c1-27(2)18-10-11-28(27,3)23(14-18)36-26(35)20-5-4-12-29(20)24(33)21-15-37-16-30(21)25(34)22(32)13-17-6-8-19(31)9-7-17/h6-9,18,20-23,31-32H,4-5,10-16H2,1-3H3/t18?,20-,21?,22?,23?,28?/m1/s1. The van der Waals surface area contributed by atoms with Crippen molar-refractivity contribution in [3.8, 4) is 5.75 Å². The summed E-state index contributed by atoms with van der Waals surface area (Å²) in [6.07, 6.45) is 3.08. The number of phenols is 1. The Morgan fingerprint density at radius 1 is 1.11 bits per heavy atom. The average molecular weight is 531 g/mol. The van der Waals surface area contributed by atoms with E-state index < -0.39 is 24.1 Å². The number of hydrogen-bond donors (Lipinski definition) is 2. The molecule has 4 aliphatic rings. The van der Waals surface area contributed by atoms with Crippen LogP contribution in [0.1, 0.15) is 58.4 Å². The summed E-state index contributed by atoms with van der Waals surface area (Å²) < 4.78 is 6.12. The lowest BCUT2D eigenvalue weighted by molar-refractivity contribution is -0.165. The number of fused-ring (bicyclic) bond motifs is 2. The van der Waals surface area contributed by atoms with E-state index in [0.29, 0.717) is 36.1 Å². The highest BCUT2D eigenvalue weighted by Gasteiger charge is 2.63. The molecular weight excluding hydrogens is 492 g/mol. The Morgan fingerprint density at radius 2 is 1.84 bits per heavy atom. The molecule has 1 aromatic carbocycles. The molecule has 5 unspecified atom stereocenters. The van der Waals surface area contributed by atoms with Crippen LogP contribution >= 0.6 is 11.8 Å². The summed E-state index contributed by atoms with van der Waals surface area (Å²) in [6.45, 7) is 7.26. The molecule has 2 N–H and O–H groups in total. The van der Waals surface area contributed by atoms with Crippen LogP contribution in [0.3, 0.4) is 0 Å². The van der Waals surface area contributed by atoms with Crippen molar-refractivity contribution in [3.63, 3.8) is 0 Å². The Hall–Kier alpha value is -2.26. The van der Waals surface area contributed by atoms with Crippen molar-refractivity contribution in [2.45, 2.75) is 83.6 Å². The van der Waals surface area contributed by atoms with Gasteiger partial charge in [-0.2, -0.15) is 0 Å². The summed E-state index contributed by atoms with van der Waals surface area (Å²) in [5.41, 5.74) is 0.805. The quantitative estimate of drug-likeness (QED) is 0.545. The zero-order valence-electron chi connectivity index (χ0n) is 21.9. The van der Waals surface area contributed by atoms with Gasteiger partial charge in [-0.3, -0.25) is 9.59 Å². The zero-order valence-corrected chi connectivity index (χ0v) is 22.7. The lowest BCUT2D eigenvalue weighted by Crippen LogP contribution is -2.54. The number of aliphatic hydroxyl groups excluding tert-OH is 1. The van der Waals surface area contributed by atoms with Crippen molar-refractivity contribution >= 4 is 29.5 Å². The number of rotatable bonds is 6. The number of nitrogens with zero attached hydrogens (tertiary/aromatic N) is 2. The summed E-state index contributed by atoms with van der Waals surface area (Å²) in [6, 6.07) is 5.00. The molecule has 0 spiro atoms. The summed E-state index contributed by atoms with van der Waals surface area (Å²) >= 11 is 1.47. The predicted octanol–water partition coefficient (Wildman–Crippen LogP) is 2.95. The highest BCUT2D eigenvalue weighted by atomic mass is 32.2. The van der Waals surface area contributed by atoms with Gasteiger partial charge < -0.3 is 24.7 Å². The molecule has 202 valence electrons. The van der Waals surface area contributed by atoms with Crippen molar-refractivity contribution in [3.05, 3.63) is 29.8 Å². The second-order valence-electron chi connectivity index (χ2n) is 11.9. The molecule has 2 heterocycles. The summed E-state index contributed by atoms with van der Waals surface area (Å²) in [5, 5.41) is 20.1. The maximum absolute atomic E-state index is 13.6. The molecule has 8 nitrogen and oxygen atoms in total. The second kappa shape index (κ2) is 9.80. The smallest absolute Gasteiger partial charge is 0.329 e. The Morgan fingerprint density at radius 3 is 2.49 bits per heavy atom. The van der Waals surface area contributed by atoms with Gasteiger partial charge in [-0.1, -0.05) is 32.9 Å². The number of hydrogen-bond acceptors (Lipinski definition) is 7. The summed E-state index contributed by atoms with van der Waals surface area (Å²) in [5.74, 6) is 0.368. The third-order valence-corrected chi connectivity index (χ3v) is 10.9. The number of aromatic hydroxyl groups is 1. The average Bonchev–Trinajstić information content (AvgIpc) is 3.62. The van der Waals surface area contributed by atoms with Crippen LogP contribution in [-0.2, 0) is 25.5 Å². The zero-order chi connectivity index (χ0) is 26.5. The van der Waals surface area contributed by atoms with E-state index in [4.69, 9.17) is 4.74 Å². The molecule has 5 rings (SSSR count). The van der Waals surface area contributed by atoms with Crippen LogP contribution in [0.25, 0.3) is 0 Å². The number of ether oxygens (including phenoxy) is 1. The monoisotopic (exact) mass is 530 g/mol. The number of carbonyl (C=O) groups excluding carboxylic acids is 3. The van der Waals surface area contributed by atoms with Crippen molar-refractivity contribution in [1.29, 1.82) is 0 Å². The van der Waals surface area contributed by atoms with Crippen LogP contribution in [0.15, 0.2) is 24.3 Å². The molecule has 0 radical (unpaired) electrons. The number of likely N-dealkylation sites (tertiary alicyclic amines) is 1. The van der Waals surface area contributed by atoms with Crippen molar-refractivity contribution in [2.24, 2.45) is 16.7 Å². The van der Waals surface area contributed by atoms with Gasteiger partial charge in [0, 0.05) is 24.1 Å². The third-order valence-electron chi connectivity index (χ3n) is 9.88. The van der Waals surface area contributed by atoms with E-state index in [-0.39, 0.29) is 41.0 Å². The van der Waals surface area contributed by atoms with Gasteiger partial charge in [0.15, 0.2) is 0 Å². The van der Waals surface area contributed by atoms with Crippen molar-refractivity contribution in [1.82, 2.24) is 9.80 Å². The van der Waals surface area contributed by atoms with E-state index in [2.05, 4.69) is 20.8 Å². The molecule has 4 fully saturated rings. The molecule has 2 saturated heterocycles. The molecule has 6 atom stereocenters. The van der Waals surface area contributed by atoms with Gasteiger partial charge in [-0.15, -0.1) is 11.8 Å². The molecule has 2 saturated carbocycles. The Labute approximate surface area is 222 Å². The van der Waals surface area contributed by atoms with Gasteiger partial charge >= 0.3 is 5.97 Å². The second-order valence-corrected chi connectivity index (χ2v) is 12.9. The first kappa shape index (κ1) is 26.4. The minimum Gasteiger partial charge on any atom is -0.508 e. The van der Waals surface area contributed by atoms with E-state index >= 15 is 0 Å². The predicted molar refractivity (Wildman–Crippen MR) is 140 cm³/mol. The summed E-state index contributed by atoms with van der Waals surface area (Å²) in [7, 11) is 0. The minimum atomic E-state index is -1.29. The van der Waals surface area contributed by atoms with E-state index in [1.807, 2.05) is 0 Å². The lowest BCUT2D eigenvalue weighted by Gasteiger charge is -2.39. The van der Waals surface area contributed by atoms with Gasteiger partial charge in [0.2, 0.25) is 5.91 Å². The maximum atomic E-state index is 13.6. The maximum Gasteiger partial charge on any atom is 0.329 e. The number of phenolic OH excluding ortho intramolecular Hbond substituents is 1. The lowest BCUT2D eigenvalue weighted by atomic mass is 9.70. The normalized spacial score (nSPS) is 33.1. The fourth-order valence-electron chi connectivity index (χ4n) is 6.99.